The molecular weight excluding hydrogens is 304 g/mol. The molecule has 0 N–H and O–H groups in total. The van der Waals surface area contributed by atoms with Gasteiger partial charge in [0.1, 0.15) is 11.5 Å². The first-order valence-electron chi connectivity index (χ1n) is 6.81. The zero-order valence-electron chi connectivity index (χ0n) is 13.5. The third kappa shape index (κ3) is 4.90. The van der Waals surface area contributed by atoms with E-state index in [1.165, 1.54) is 13.2 Å². The molecule has 0 radical (unpaired) electrons. The zero-order chi connectivity index (χ0) is 16.3. The van der Waals surface area contributed by atoms with E-state index in [0.717, 1.165) is 11.3 Å². The number of hydrogen-bond donors (Lipinski definition) is 0. The molecule has 0 unspecified atom stereocenters. The Morgan fingerprint density at radius 1 is 1.19 bits per heavy atom. The average Bonchev–Trinajstić information content (AvgIpc) is 2.35. The van der Waals surface area contributed by atoms with Crippen LogP contribution in [-0.4, -0.2) is 20.7 Å². The highest BCUT2D eigenvalue weighted by atomic mass is 35.5. The molecule has 0 amide bonds. The van der Waals surface area contributed by atoms with Crippen molar-refractivity contribution in [3.63, 3.8) is 0 Å². The van der Waals surface area contributed by atoms with Gasteiger partial charge >= 0.3 is 0 Å². The average molecular weight is 327 g/mol. The maximum Gasteiger partial charge on any atom is 0.250 e. The molecule has 1 aromatic carbocycles. The van der Waals surface area contributed by atoms with Gasteiger partial charge in [0.15, 0.2) is 0 Å². The summed E-state index contributed by atoms with van der Waals surface area (Å²) in [7, 11) is -0.340. The Kier molecular flexibility index (Phi) is 5.65. The van der Waals surface area contributed by atoms with Crippen molar-refractivity contribution in [2.24, 2.45) is 0 Å². The Balaban J connectivity index is 2.96. The van der Waals surface area contributed by atoms with E-state index in [2.05, 4.69) is 33.9 Å². The lowest BCUT2D eigenvalue weighted by Gasteiger charge is -2.36. The SMILES string of the molecule is COC(=CC(=O)Cl)c1ccc(O[Si](C)(C)C(C)(C)C)cc1. The summed E-state index contributed by atoms with van der Waals surface area (Å²) >= 11 is 5.36. The Morgan fingerprint density at radius 3 is 2.10 bits per heavy atom. The van der Waals surface area contributed by atoms with E-state index in [-0.39, 0.29) is 5.04 Å². The molecule has 0 saturated heterocycles. The van der Waals surface area contributed by atoms with Crippen molar-refractivity contribution >= 4 is 30.9 Å². The second-order valence-electron chi connectivity index (χ2n) is 6.40. The van der Waals surface area contributed by atoms with Gasteiger partial charge in [-0.1, -0.05) is 20.8 Å². The minimum atomic E-state index is -1.85. The van der Waals surface area contributed by atoms with Crippen molar-refractivity contribution < 1.29 is 14.0 Å². The van der Waals surface area contributed by atoms with Crippen molar-refractivity contribution in [2.75, 3.05) is 7.11 Å². The lowest BCUT2D eigenvalue weighted by Crippen LogP contribution is -2.43. The number of benzene rings is 1. The molecule has 0 atom stereocenters. The maximum absolute atomic E-state index is 10.9. The molecule has 0 aliphatic carbocycles. The van der Waals surface area contributed by atoms with Gasteiger partial charge in [0.25, 0.3) is 0 Å². The van der Waals surface area contributed by atoms with Gasteiger partial charge in [-0.2, -0.15) is 0 Å². The standard InChI is InChI=1S/C16H23ClO3Si/c1-16(2,3)21(5,6)20-13-9-7-12(8-10-13)14(19-4)11-15(17)18/h7-11H,1-6H3. The molecule has 116 valence electrons. The summed E-state index contributed by atoms with van der Waals surface area (Å²) in [6.07, 6.45) is 1.26. The lowest BCUT2D eigenvalue weighted by atomic mass is 10.2. The fourth-order valence-corrected chi connectivity index (χ4v) is 2.63. The van der Waals surface area contributed by atoms with Crippen molar-refractivity contribution in [1.82, 2.24) is 0 Å². The van der Waals surface area contributed by atoms with Gasteiger partial charge in [-0.25, -0.2) is 0 Å². The predicted molar refractivity (Wildman–Crippen MR) is 90.1 cm³/mol. The number of allylic oxidation sites excluding steroid dienone is 1. The van der Waals surface area contributed by atoms with Gasteiger partial charge in [0.2, 0.25) is 13.6 Å². The minimum Gasteiger partial charge on any atom is -0.544 e. The first kappa shape index (κ1) is 17.8. The molecule has 0 heterocycles. The fourth-order valence-electron chi connectivity index (χ4n) is 1.50. The van der Waals surface area contributed by atoms with Crippen LogP contribution < -0.4 is 4.43 Å². The van der Waals surface area contributed by atoms with Crippen molar-refractivity contribution in [3.05, 3.63) is 35.9 Å². The molecule has 5 heteroatoms. The minimum absolute atomic E-state index is 0.147. The molecule has 0 bridgehead atoms. The molecule has 21 heavy (non-hydrogen) atoms. The maximum atomic E-state index is 10.9. The molecule has 0 spiro atoms. The number of methoxy groups -OCH3 is 1. The highest BCUT2D eigenvalue weighted by Crippen LogP contribution is 2.37. The number of ether oxygens (including phenoxy) is 1. The number of halogens is 1. The van der Waals surface area contributed by atoms with E-state index in [4.69, 9.17) is 20.8 Å². The molecule has 1 aromatic rings. The van der Waals surface area contributed by atoms with E-state index in [9.17, 15) is 4.79 Å². The Labute approximate surface area is 133 Å². The largest absolute Gasteiger partial charge is 0.544 e. The Hall–Kier alpha value is -1.26. The normalized spacial score (nSPS) is 13.0. The summed E-state index contributed by atoms with van der Waals surface area (Å²) in [5.74, 6) is 1.27. The molecule has 0 aliphatic rings. The fraction of sp³-hybridized carbons (Fsp3) is 0.438. The van der Waals surface area contributed by atoms with E-state index in [0.29, 0.717) is 5.76 Å². The highest BCUT2D eigenvalue weighted by molar-refractivity contribution is 6.74. The molecule has 0 aliphatic heterocycles. The lowest BCUT2D eigenvalue weighted by molar-refractivity contribution is -0.107. The Bertz CT molecular complexity index is 527. The molecule has 3 nitrogen and oxygen atoms in total. The third-order valence-corrected chi connectivity index (χ3v) is 8.25. The van der Waals surface area contributed by atoms with Crippen LogP contribution in [0.2, 0.25) is 18.1 Å². The van der Waals surface area contributed by atoms with Crippen LogP contribution in [0.15, 0.2) is 30.3 Å². The highest BCUT2D eigenvalue weighted by Gasteiger charge is 2.38. The van der Waals surface area contributed by atoms with Gasteiger partial charge in [0, 0.05) is 11.6 Å². The van der Waals surface area contributed by atoms with E-state index < -0.39 is 13.6 Å². The summed E-state index contributed by atoms with van der Waals surface area (Å²) in [5, 5.41) is -0.414. The summed E-state index contributed by atoms with van der Waals surface area (Å²) in [6.45, 7) is 11.0. The summed E-state index contributed by atoms with van der Waals surface area (Å²) in [6, 6.07) is 7.50. The summed E-state index contributed by atoms with van der Waals surface area (Å²) < 4.78 is 11.4. The van der Waals surface area contributed by atoms with Gasteiger partial charge in [-0.15, -0.1) is 0 Å². The van der Waals surface area contributed by atoms with Crippen LogP contribution in [0.4, 0.5) is 0 Å². The second-order valence-corrected chi connectivity index (χ2v) is 11.5. The predicted octanol–water partition coefficient (Wildman–Crippen LogP) is 4.82. The molecule has 0 saturated carbocycles. The van der Waals surface area contributed by atoms with Crippen LogP contribution in [0.1, 0.15) is 26.3 Å². The van der Waals surface area contributed by atoms with Crippen molar-refractivity contribution in [2.45, 2.75) is 38.9 Å². The molecule has 1 rings (SSSR count). The van der Waals surface area contributed by atoms with E-state index in [1.54, 1.807) is 0 Å². The van der Waals surface area contributed by atoms with Gasteiger partial charge in [0.05, 0.1) is 7.11 Å². The quantitative estimate of drug-likeness (QED) is 0.337. The van der Waals surface area contributed by atoms with Crippen LogP contribution in [-0.2, 0) is 9.53 Å². The smallest absolute Gasteiger partial charge is 0.250 e. The van der Waals surface area contributed by atoms with Crippen LogP contribution in [0.25, 0.3) is 5.76 Å². The molecule has 0 fully saturated rings. The van der Waals surface area contributed by atoms with Crippen molar-refractivity contribution in [3.8, 4) is 5.75 Å². The third-order valence-electron chi connectivity index (χ3n) is 3.78. The number of rotatable bonds is 5. The molecule has 0 aromatic heterocycles. The van der Waals surface area contributed by atoms with Gasteiger partial charge < -0.3 is 9.16 Å². The zero-order valence-corrected chi connectivity index (χ0v) is 15.2. The molecular formula is C16H23ClO3Si. The van der Waals surface area contributed by atoms with Gasteiger partial charge in [-0.05, 0) is 54.0 Å². The topological polar surface area (TPSA) is 35.5 Å². The first-order valence-corrected chi connectivity index (χ1v) is 10.1. The first-order chi connectivity index (χ1) is 9.56. The van der Waals surface area contributed by atoms with Crippen LogP contribution in [0.5, 0.6) is 5.75 Å². The summed E-state index contributed by atoms with van der Waals surface area (Å²) in [4.78, 5) is 10.9. The summed E-state index contributed by atoms with van der Waals surface area (Å²) in [5.41, 5.74) is 0.786. The number of carbonyl (C=O) groups is 1. The van der Waals surface area contributed by atoms with Crippen LogP contribution >= 0.6 is 11.6 Å². The number of carbonyl (C=O) groups excluding carboxylic acids is 1. The monoisotopic (exact) mass is 326 g/mol. The van der Waals surface area contributed by atoms with Crippen molar-refractivity contribution in [1.29, 1.82) is 0 Å². The van der Waals surface area contributed by atoms with Crippen LogP contribution in [0.3, 0.4) is 0 Å². The van der Waals surface area contributed by atoms with Gasteiger partial charge in [-0.3, -0.25) is 4.79 Å². The van der Waals surface area contributed by atoms with E-state index in [1.807, 2.05) is 24.3 Å². The van der Waals surface area contributed by atoms with Crippen LogP contribution in [0, 0.1) is 0 Å². The van der Waals surface area contributed by atoms with E-state index >= 15 is 0 Å². The second kappa shape index (κ2) is 6.67. The number of hydrogen-bond acceptors (Lipinski definition) is 3. The Morgan fingerprint density at radius 2 is 1.71 bits per heavy atom.